The molecule has 1 N–H and O–H groups in total. The Morgan fingerprint density at radius 1 is 1.06 bits per heavy atom. The number of aromatic nitrogens is 4. The van der Waals surface area contributed by atoms with Gasteiger partial charge in [0.05, 0.1) is 39.3 Å². The van der Waals surface area contributed by atoms with E-state index >= 15 is 0 Å². The monoisotopic (exact) mass is 517 g/mol. The lowest BCUT2D eigenvalue weighted by molar-refractivity contribution is -0.115. The van der Waals surface area contributed by atoms with Crippen molar-refractivity contribution in [2.75, 3.05) is 11.6 Å². The number of pyridine rings is 1. The Morgan fingerprint density at radius 3 is 2.61 bits per heavy atom. The molecule has 0 aliphatic heterocycles. The fraction of sp³-hybridized carbons (Fsp3) is 0.154. The first-order valence-electron chi connectivity index (χ1n) is 11.2. The van der Waals surface area contributed by atoms with Gasteiger partial charge < -0.3 is 5.32 Å². The van der Waals surface area contributed by atoms with E-state index < -0.39 is 9.84 Å². The number of hydrogen-bond acceptors (Lipinski definition) is 7. The number of aryl methyl sites for hydroxylation is 1. The molecule has 0 fully saturated rings. The van der Waals surface area contributed by atoms with Crippen LogP contribution in [-0.4, -0.2) is 40.3 Å². The standard InChI is InChI=1S/C26H23N5O3S2/c1-17-4-3-5-25(28-17)31-23(19-8-11-22-24(12-19)35-16-27-22)13-21(30-31)14-26(32)29-20-9-6-18(7-10-20)15-36(2,33)34/h3-13,16H,14-15H2,1-2H3,(H,29,32). The maximum atomic E-state index is 12.8. The third-order valence-corrected chi connectivity index (χ3v) is 7.14. The quantitative estimate of drug-likeness (QED) is 0.339. The molecule has 2 aromatic carbocycles. The number of nitrogens with one attached hydrogen (secondary N) is 1. The Kier molecular flexibility index (Phi) is 6.38. The maximum Gasteiger partial charge on any atom is 0.230 e. The molecule has 0 saturated carbocycles. The summed E-state index contributed by atoms with van der Waals surface area (Å²) >= 11 is 1.57. The van der Waals surface area contributed by atoms with E-state index in [1.165, 1.54) is 6.26 Å². The molecular formula is C26H23N5O3S2. The normalized spacial score (nSPS) is 11.6. The summed E-state index contributed by atoms with van der Waals surface area (Å²) < 4.78 is 25.8. The molecule has 5 aromatic rings. The highest BCUT2D eigenvalue weighted by Crippen LogP contribution is 2.28. The lowest BCUT2D eigenvalue weighted by Gasteiger charge is -2.07. The summed E-state index contributed by atoms with van der Waals surface area (Å²) in [6.07, 6.45) is 1.26. The van der Waals surface area contributed by atoms with Crippen molar-refractivity contribution in [3.8, 4) is 17.1 Å². The van der Waals surface area contributed by atoms with Gasteiger partial charge in [0.1, 0.15) is 0 Å². The van der Waals surface area contributed by atoms with E-state index in [0.717, 1.165) is 27.2 Å². The molecule has 0 bridgehead atoms. The summed E-state index contributed by atoms with van der Waals surface area (Å²) in [6, 6.07) is 20.5. The first-order chi connectivity index (χ1) is 17.2. The molecule has 3 aromatic heterocycles. The number of nitrogens with zero attached hydrogens (tertiary/aromatic N) is 4. The van der Waals surface area contributed by atoms with Crippen LogP contribution in [0.25, 0.3) is 27.3 Å². The van der Waals surface area contributed by atoms with Crippen molar-refractivity contribution in [3.63, 3.8) is 0 Å². The molecule has 10 heteroatoms. The number of amides is 1. The van der Waals surface area contributed by atoms with Crippen molar-refractivity contribution in [1.82, 2.24) is 19.7 Å². The Morgan fingerprint density at radius 2 is 1.86 bits per heavy atom. The van der Waals surface area contributed by atoms with Gasteiger partial charge in [-0.2, -0.15) is 5.10 Å². The molecule has 0 radical (unpaired) electrons. The van der Waals surface area contributed by atoms with E-state index in [-0.39, 0.29) is 18.1 Å². The molecule has 0 saturated heterocycles. The third kappa shape index (κ3) is 5.50. The minimum Gasteiger partial charge on any atom is -0.326 e. The van der Waals surface area contributed by atoms with Crippen LogP contribution in [0.4, 0.5) is 5.69 Å². The van der Waals surface area contributed by atoms with E-state index in [4.69, 9.17) is 5.10 Å². The van der Waals surface area contributed by atoms with Gasteiger partial charge in [-0.05, 0) is 55.0 Å². The molecule has 0 unspecified atom stereocenters. The van der Waals surface area contributed by atoms with E-state index in [1.54, 1.807) is 40.3 Å². The molecule has 182 valence electrons. The highest BCUT2D eigenvalue weighted by atomic mass is 32.2. The van der Waals surface area contributed by atoms with Crippen molar-refractivity contribution in [1.29, 1.82) is 0 Å². The van der Waals surface area contributed by atoms with Gasteiger partial charge in [-0.1, -0.05) is 24.3 Å². The molecule has 5 rings (SSSR count). The SMILES string of the molecule is Cc1cccc(-n2nc(CC(=O)Nc3ccc(CS(C)(=O)=O)cc3)cc2-c2ccc3ncsc3c2)n1. The lowest BCUT2D eigenvalue weighted by Crippen LogP contribution is -2.15. The second kappa shape index (κ2) is 9.63. The number of fused-ring (bicyclic) bond motifs is 1. The zero-order valence-corrected chi connectivity index (χ0v) is 21.3. The molecular weight excluding hydrogens is 494 g/mol. The minimum atomic E-state index is -3.12. The summed E-state index contributed by atoms with van der Waals surface area (Å²) in [6.45, 7) is 1.92. The van der Waals surface area contributed by atoms with Gasteiger partial charge in [0.15, 0.2) is 15.7 Å². The number of carbonyl (C=O) groups excluding carboxylic acids is 1. The molecule has 8 nitrogen and oxygen atoms in total. The highest BCUT2D eigenvalue weighted by Gasteiger charge is 2.16. The Balaban J connectivity index is 1.41. The van der Waals surface area contributed by atoms with Crippen LogP contribution in [0.5, 0.6) is 0 Å². The molecule has 0 aliphatic carbocycles. The summed E-state index contributed by atoms with van der Waals surface area (Å²) in [7, 11) is -3.12. The van der Waals surface area contributed by atoms with Gasteiger partial charge >= 0.3 is 0 Å². The van der Waals surface area contributed by atoms with Crippen molar-refractivity contribution >= 4 is 43.0 Å². The number of benzene rings is 2. The number of carbonyl (C=O) groups is 1. The largest absolute Gasteiger partial charge is 0.326 e. The molecule has 0 aliphatic rings. The number of rotatable bonds is 7. The van der Waals surface area contributed by atoms with Crippen molar-refractivity contribution in [2.45, 2.75) is 19.1 Å². The fourth-order valence-corrected chi connectivity index (χ4v) is 5.43. The Bertz CT molecular complexity index is 1670. The van der Waals surface area contributed by atoms with E-state index in [0.29, 0.717) is 22.8 Å². The first kappa shape index (κ1) is 23.8. The van der Waals surface area contributed by atoms with Gasteiger partial charge in [0.25, 0.3) is 0 Å². The van der Waals surface area contributed by atoms with Gasteiger partial charge in [-0.25, -0.2) is 23.1 Å². The second-order valence-electron chi connectivity index (χ2n) is 8.60. The zero-order valence-electron chi connectivity index (χ0n) is 19.7. The average Bonchev–Trinajstić information content (AvgIpc) is 3.46. The number of thiazole rings is 1. The summed E-state index contributed by atoms with van der Waals surface area (Å²) in [5.41, 5.74) is 7.26. The molecule has 0 spiro atoms. The highest BCUT2D eigenvalue weighted by molar-refractivity contribution is 7.89. The first-order valence-corrected chi connectivity index (χ1v) is 14.1. The third-order valence-electron chi connectivity index (χ3n) is 5.49. The van der Waals surface area contributed by atoms with Gasteiger partial charge in [0, 0.05) is 23.2 Å². The number of sulfone groups is 1. The van der Waals surface area contributed by atoms with Crippen LogP contribution < -0.4 is 5.32 Å². The van der Waals surface area contributed by atoms with Crippen LogP contribution in [0, 0.1) is 6.92 Å². The number of anilines is 1. The Labute approximate surface area is 212 Å². The molecule has 1 amide bonds. The minimum absolute atomic E-state index is 0.0399. The van der Waals surface area contributed by atoms with Crippen LogP contribution in [-0.2, 0) is 26.8 Å². The van der Waals surface area contributed by atoms with E-state index in [1.807, 2.05) is 48.8 Å². The predicted molar refractivity (Wildman–Crippen MR) is 142 cm³/mol. The molecule has 36 heavy (non-hydrogen) atoms. The second-order valence-corrected chi connectivity index (χ2v) is 11.6. The molecule has 3 heterocycles. The summed E-state index contributed by atoms with van der Waals surface area (Å²) in [4.78, 5) is 21.8. The topological polar surface area (TPSA) is 107 Å². The maximum absolute atomic E-state index is 12.8. The van der Waals surface area contributed by atoms with Crippen molar-refractivity contribution in [3.05, 3.63) is 89.2 Å². The smallest absolute Gasteiger partial charge is 0.230 e. The van der Waals surface area contributed by atoms with Gasteiger partial charge in [0.2, 0.25) is 5.91 Å². The van der Waals surface area contributed by atoms with Crippen molar-refractivity contribution in [2.24, 2.45) is 0 Å². The zero-order chi connectivity index (χ0) is 25.3. The summed E-state index contributed by atoms with van der Waals surface area (Å²) in [5, 5.41) is 7.57. The van der Waals surface area contributed by atoms with Gasteiger partial charge in [-0.15, -0.1) is 11.3 Å². The number of hydrogen-bond donors (Lipinski definition) is 1. The van der Waals surface area contributed by atoms with Crippen LogP contribution in [0.15, 0.2) is 72.2 Å². The van der Waals surface area contributed by atoms with Crippen LogP contribution in [0.3, 0.4) is 0 Å². The average molecular weight is 518 g/mol. The van der Waals surface area contributed by atoms with E-state index in [9.17, 15) is 13.2 Å². The predicted octanol–water partition coefficient (Wildman–Crippen LogP) is 4.58. The summed E-state index contributed by atoms with van der Waals surface area (Å²) in [5.74, 6) is 0.404. The fourth-order valence-electron chi connectivity index (χ4n) is 3.91. The Hall–Kier alpha value is -3.89. The van der Waals surface area contributed by atoms with E-state index in [2.05, 4.69) is 21.4 Å². The lowest BCUT2D eigenvalue weighted by atomic mass is 10.1. The molecule has 0 atom stereocenters. The van der Waals surface area contributed by atoms with Crippen LogP contribution in [0.1, 0.15) is 17.0 Å². The van der Waals surface area contributed by atoms with Crippen LogP contribution in [0.2, 0.25) is 0 Å². The van der Waals surface area contributed by atoms with Gasteiger partial charge in [-0.3, -0.25) is 4.79 Å². The van der Waals surface area contributed by atoms with Crippen LogP contribution >= 0.6 is 11.3 Å². The van der Waals surface area contributed by atoms with Crippen molar-refractivity contribution < 1.29 is 13.2 Å².